The molecule has 7 heteroatoms. The van der Waals surface area contributed by atoms with Gasteiger partial charge in [0.25, 0.3) is 0 Å². The largest absolute Gasteiger partial charge is 0.417 e. The van der Waals surface area contributed by atoms with Crippen molar-refractivity contribution in [2.75, 3.05) is 0 Å². The maximum atomic E-state index is 13.8. The molecule has 0 aliphatic heterocycles. The smallest absolute Gasteiger partial charge is 0.372 e. The van der Waals surface area contributed by atoms with Crippen molar-refractivity contribution in [3.63, 3.8) is 0 Å². The third kappa shape index (κ3) is 3.81. The lowest BCUT2D eigenvalue weighted by Crippen LogP contribution is -2.21. The van der Waals surface area contributed by atoms with Crippen LogP contribution in [-0.2, 0) is 36.7 Å². The molecule has 1 aliphatic rings. The van der Waals surface area contributed by atoms with E-state index >= 15 is 0 Å². The summed E-state index contributed by atoms with van der Waals surface area (Å²) in [5.41, 5.74) is -1.41. The molecule has 0 fully saturated rings. The van der Waals surface area contributed by atoms with Crippen molar-refractivity contribution < 1.29 is 31.1 Å². The molecule has 0 atom stereocenters. The Bertz CT molecular complexity index is 1070. The van der Waals surface area contributed by atoms with E-state index in [9.17, 15) is 26.3 Å². The number of benzene rings is 3. The van der Waals surface area contributed by atoms with E-state index in [0.717, 1.165) is 5.56 Å². The molecule has 0 N–H and O–H groups in total. The number of halogens is 6. The quantitative estimate of drug-likeness (QED) is 0.322. The number of hydrogen-bond acceptors (Lipinski definition) is 1. The molecule has 3 aromatic carbocycles. The summed E-state index contributed by atoms with van der Waals surface area (Å²) in [5.74, 6) is 0. The summed E-state index contributed by atoms with van der Waals surface area (Å²) in [7, 11) is 0. The highest BCUT2D eigenvalue weighted by Gasteiger charge is 2.46. The molecule has 30 heavy (non-hydrogen) atoms. The number of rotatable bonds is 4. The van der Waals surface area contributed by atoms with Gasteiger partial charge < -0.3 is 4.74 Å². The van der Waals surface area contributed by atoms with Crippen LogP contribution in [0.5, 0.6) is 0 Å². The van der Waals surface area contributed by atoms with E-state index in [2.05, 4.69) is 0 Å². The standard InChI is InChI=1S/C23H16F6O/c24-22(25,26)20-11-18-16-9-5-4-8-15(16)10-17(18)19(21(20)23(27,28)29)13-30-12-14-6-2-1-3-7-14/h1-9,11H,10,12-13H2. The van der Waals surface area contributed by atoms with Gasteiger partial charge >= 0.3 is 12.4 Å². The van der Waals surface area contributed by atoms with Crippen molar-refractivity contribution in [3.8, 4) is 11.1 Å². The normalized spacial score (nSPS) is 13.3. The molecule has 156 valence electrons. The molecule has 0 saturated carbocycles. The first-order valence-electron chi connectivity index (χ1n) is 9.19. The number of alkyl halides is 6. The molecular formula is C23H16F6O. The molecule has 0 heterocycles. The molecule has 0 bridgehead atoms. The van der Waals surface area contributed by atoms with E-state index in [1.165, 1.54) is 0 Å². The number of ether oxygens (including phenoxy) is 1. The Labute approximate surface area is 168 Å². The van der Waals surface area contributed by atoms with Crippen LogP contribution in [0.25, 0.3) is 11.1 Å². The fourth-order valence-corrected chi connectivity index (χ4v) is 3.90. The van der Waals surface area contributed by atoms with Gasteiger partial charge in [-0.15, -0.1) is 0 Å². The Hall–Kier alpha value is -2.80. The molecule has 0 amide bonds. The molecule has 0 saturated heterocycles. The summed E-state index contributed by atoms with van der Waals surface area (Å²) in [4.78, 5) is 0. The zero-order chi connectivity index (χ0) is 21.5. The SMILES string of the molecule is FC(F)(F)c1cc2c(c(COCc3ccccc3)c1C(F)(F)F)Cc1ccccc1-2. The Balaban J connectivity index is 1.84. The highest BCUT2D eigenvalue weighted by Crippen LogP contribution is 2.49. The molecule has 0 spiro atoms. The van der Waals surface area contributed by atoms with Crippen LogP contribution < -0.4 is 0 Å². The Morgan fingerprint density at radius 3 is 2.07 bits per heavy atom. The lowest BCUT2D eigenvalue weighted by molar-refractivity contribution is -0.163. The first kappa shape index (κ1) is 20.5. The van der Waals surface area contributed by atoms with Crippen LogP contribution in [0.3, 0.4) is 0 Å². The van der Waals surface area contributed by atoms with Crippen LogP contribution in [0.2, 0.25) is 0 Å². The highest BCUT2D eigenvalue weighted by molar-refractivity contribution is 5.79. The van der Waals surface area contributed by atoms with Crippen LogP contribution in [-0.4, -0.2) is 0 Å². The molecule has 4 rings (SSSR count). The predicted molar refractivity (Wildman–Crippen MR) is 99.6 cm³/mol. The van der Waals surface area contributed by atoms with Crippen LogP contribution in [0, 0.1) is 0 Å². The topological polar surface area (TPSA) is 9.23 Å². The molecule has 3 aromatic rings. The first-order chi connectivity index (χ1) is 14.2. The molecule has 0 radical (unpaired) electrons. The lowest BCUT2D eigenvalue weighted by Gasteiger charge is -2.22. The summed E-state index contributed by atoms with van der Waals surface area (Å²) >= 11 is 0. The zero-order valence-electron chi connectivity index (χ0n) is 15.6. The van der Waals surface area contributed by atoms with Crippen molar-refractivity contribution in [3.05, 3.63) is 94.0 Å². The van der Waals surface area contributed by atoms with Gasteiger partial charge in [-0.05, 0) is 45.9 Å². The van der Waals surface area contributed by atoms with Crippen LogP contribution >= 0.6 is 0 Å². The second-order valence-electron chi connectivity index (χ2n) is 7.11. The van der Waals surface area contributed by atoms with E-state index in [-0.39, 0.29) is 24.2 Å². The van der Waals surface area contributed by atoms with Gasteiger partial charge in [0.15, 0.2) is 0 Å². The van der Waals surface area contributed by atoms with Crippen LogP contribution in [0.1, 0.15) is 33.4 Å². The maximum absolute atomic E-state index is 13.8. The van der Waals surface area contributed by atoms with Gasteiger partial charge in [0, 0.05) is 0 Å². The van der Waals surface area contributed by atoms with Crippen molar-refractivity contribution in [2.45, 2.75) is 32.0 Å². The van der Waals surface area contributed by atoms with E-state index in [0.29, 0.717) is 17.2 Å². The molecule has 1 nitrogen and oxygen atoms in total. The zero-order valence-corrected chi connectivity index (χ0v) is 15.6. The fraction of sp³-hybridized carbons (Fsp3) is 0.217. The summed E-state index contributed by atoms with van der Waals surface area (Å²) < 4.78 is 87.9. The minimum atomic E-state index is -5.17. The Kier molecular flexibility index (Phi) is 5.10. The monoisotopic (exact) mass is 422 g/mol. The second-order valence-corrected chi connectivity index (χ2v) is 7.11. The average Bonchev–Trinajstić information content (AvgIpc) is 3.05. The van der Waals surface area contributed by atoms with Gasteiger partial charge in [-0.25, -0.2) is 0 Å². The number of hydrogen-bond donors (Lipinski definition) is 0. The average molecular weight is 422 g/mol. The summed E-state index contributed by atoms with van der Waals surface area (Å²) in [6, 6.07) is 16.1. The fourth-order valence-electron chi connectivity index (χ4n) is 3.90. The van der Waals surface area contributed by atoms with Crippen molar-refractivity contribution in [1.82, 2.24) is 0 Å². The molecule has 0 aromatic heterocycles. The van der Waals surface area contributed by atoms with Gasteiger partial charge in [-0.2, -0.15) is 26.3 Å². The first-order valence-corrected chi connectivity index (χ1v) is 9.19. The molecule has 0 unspecified atom stereocenters. The van der Waals surface area contributed by atoms with Gasteiger partial charge in [-0.1, -0.05) is 54.6 Å². The third-order valence-corrected chi connectivity index (χ3v) is 5.17. The van der Waals surface area contributed by atoms with Gasteiger partial charge in [0.2, 0.25) is 0 Å². The second kappa shape index (κ2) is 7.47. The van der Waals surface area contributed by atoms with E-state index in [1.807, 2.05) is 0 Å². The minimum absolute atomic E-state index is 0.00386. The molecular weight excluding hydrogens is 406 g/mol. The maximum Gasteiger partial charge on any atom is 0.417 e. The van der Waals surface area contributed by atoms with E-state index in [4.69, 9.17) is 4.74 Å². The summed E-state index contributed by atoms with van der Waals surface area (Å²) in [6.45, 7) is -0.569. The van der Waals surface area contributed by atoms with Gasteiger partial charge in [-0.3, -0.25) is 0 Å². The predicted octanol–water partition coefficient (Wildman–Crippen LogP) is 7.01. The van der Waals surface area contributed by atoms with Crippen LogP contribution in [0.4, 0.5) is 26.3 Å². The Morgan fingerprint density at radius 2 is 1.40 bits per heavy atom. The third-order valence-electron chi connectivity index (χ3n) is 5.17. The van der Waals surface area contributed by atoms with E-state index < -0.39 is 35.6 Å². The summed E-state index contributed by atoms with van der Waals surface area (Å²) in [5, 5.41) is 0. The van der Waals surface area contributed by atoms with Crippen molar-refractivity contribution >= 4 is 0 Å². The summed E-state index contributed by atoms with van der Waals surface area (Å²) in [6.07, 6.45) is -10.2. The van der Waals surface area contributed by atoms with Crippen LogP contribution in [0.15, 0.2) is 60.7 Å². The van der Waals surface area contributed by atoms with Crippen molar-refractivity contribution in [1.29, 1.82) is 0 Å². The van der Waals surface area contributed by atoms with Gasteiger partial charge in [0.05, 0.1) is 24.3 Å². The number of fused-ring (bicyclic) bond motifs is 3. The highest BCUT2D eigenvalue weighted by atomic mass is 19.4. The molecule has 1 aliphatic carbocycles. The van der Waals surface area contributed by atoms with E-state index in [1.54, 1.807) is 54.6 Å². The lowest BCUT2D eigenvalue weighted by atomic mass is 9.91. The minimum Gasteiger partial charge on any atom is -0.372 e. The van der Waals surface area contributed by atoms with Crippen molar-refractivity contribution in [2.24, 2.45) is 0 Å². The van der Waals surface area contributed by atoms with Gasteiger partial charge in [0.1, 0.15) is 0 Å². The Morgan fingerprint density at radius 1 is 0.733 bits per heavy atom.